The highest BCUT2D eigenvalue weighted by Crippen LogP contribution is 2.27. The molecule has 0 amide bonds. The molecule has 19 heavy (non-hydrogen) atoms. The predicted molar refractivity (Wildman–Crippen MR) is 79.3 cm³/mol. The van der Waals surface area contributed by atoms with Crippen molar-refractivity contribution >= 4 is 32.4 Å². The lowest BCUT2D eigenvalue weighted by Gasteiger charge is -2.09. The fraction of sp³-hybridized carbons (Fsp3) is 0.333. The van der Waals surface area contributed by atoms with Crippen LogP contribution in [0.25, 0.3) is 0 Å². The summed E-state index contributed by atoms with van der Waals surface area (Å²) in [6.07, 6.45) is 0.873. The Hall–Kier alpha value is -1.34. The number of halogens is 1. The zero-order valence-corrected chi connectivity index (χ0v) is 13.0. The minimum absolute atomic E-state index is 0.743. The van der Waals surface area contributed by atoms with E-state index in [4.69, 9.17) is 9.47 Å². The molecule has 2 rings (SSSR count). The highest BCUT2D eigenvalue weighted by Gasteiger charge is 2.05. The third-order valence-electron chi connectivity index (χ3n) is 2.54. The van der Waals surface area contributed by atoms with Gasteiger partial charge in [0.05, 0.1) is 14.2 Å². The van der Waals surface area contributed by atoms with E-state index in [0.717, 1.165) is 33.5 Å². The lowest BCUT2D eigenvalue weighted by atomic mass is 10.1. The van der Waals surface area contributed by atoms with Gasteiger partial charge in [0.2, 0.25) is 5.13 Å². The van der Waals surface area contributed by atoms with Gasteiger partial charge in [0.1, 0.15) is 0 Å². The molecular formula is C12H14BrN3O2S. The van der Waals surface area contributed by atoms with E-state index < -0.39 is 0 Å². The summed E-state index contributed by atoms with van der Waals surface area (Å²) in [6, 6.07) is 5.92. The summed E-state index contributed by atoms with van der Waals surface area (Å²) in [5.74, 6) is 1.49. The van der Waals surface area contributed by atoms with Gasteiger partial charge in [-0.1, -0.05) is 17.4 Å². The van der Waals surface area contributed by atoms with Crippen LogP contribution in [0.2, 0.25) is 0 Å². The van der Waals surface area contributed by atoms with E-state index in [9.17, 15) is 0 Å². The van der Waals surface area contributed by atoms with E-state index in [1.165, 1.54) is 16.9 Å². The van der Waals surface area contributed by atoms with Crippen LogP contribution in [-0.2, 0) is 6.42 Å². The Kier molecular flexibility index (Phi) is 4.98. The first-order valence-corrected chi connectivity index (χ1v) is 7.27. The molecule has 0 saturated carbocycles. The SMILES string of the molecule is COc1ccc(CCNc2nnc(Br)s2)cc1OC. The minimum Gasteiger partial charge on any atom is -0.493 e. The lowest BCUT2D eigenvalue weighted by Crippen LogP contribution is -2.04. The molecule has 102 valence electrons. The Bertz CT molecular complexity index is 548. The summed E-state index contributed by atoms with van der Waals surface area (Å²) in [5, 5.41) is 11.9. The Morgan fingerprint density at radius 2 is 2.00 bits per heavy atom. The monoisotopic (exact) mass is 343 g/mol. The summed E-state index contributed by atoms with van der Waals surface area (Å²) in [5.41, 5.74) is 1.17. The molecule has 0 aliphatic carbocycles. The standard InChI is InChI=1S/C12H14BrN3O2S/c1-17-9-4-3-8(7-10(9)18-2)5-6-14-12-16-15-11(13)19-12/h3-4,7H,5-6H2,1-2H3,(H,14,16). The normalized spacial score (nSPS) is 10.3. The molecule has 1 aromatic carbocycles. The molecule has 2 aromatic rings. The van der Waals surface area contributed by atoms with Crippen molar-refractivity contribution in [3.63, 3.8) is 0 Å². The maximum atomic E-state index is 5.27. The third-order valence-corrected chi connectivity index (χ3v) is 3.85. The summed E-state index contributed by atoms with van der Waals surface area (Å²) in [4.78, 5) is 0. The first-order chi connectivity index (χ1) is 9.22. The van der Waals surface area contributed by atoms with Gasteiger partial charge in [-0.15, -0.1) is 10.2 Å². The van der Waals surface area contributed by atoms with Crippen molar-refractivity contribution in [1.82, 2.24) is 10.2 Å². The van der Waals surface area contributed by atoms with Gasteiger partial charge in [-0.3, -0.25) is 0 Å². The predicted octanol–water partition coefficient (Wildman–Crippen LogP) is 2.97. The average molecular weight is 344 g/mol. The van der Waals surface area contributed by atoms with Crippen LogP contribution in [0.1, 0.15) is 5.56 Å². The highest BCUT2D eigenvalue weighted by molar-refractivity contribution is 9.11. The van der Waals surface area contributed by atoms with E-state index in [0.29, 0.717) is 0 Å². The van der Waals surface area contributed by atoms with Crippen LogP contribution in [0, 0.1) is 0 Å². The lowest BCUT2D eigenvalue weighted by molar-refractivity contribution is 0.354. The van der Waals surface area contributed by atoms with Crippen LogP contribution in [0.15, 0.2) is 22.1 Å². The Morgan fingerprint density at radius 3 is 2.63 bits per heavy atom. The molecule has 5 nitrogen and oxygen atoms in total. The summed E-state index contributed by atoms with van der Waals surface area (Å²) in [6.45, 7) is 0.789. The zero-order valence-electron chi connectivity index (χ0n) is 10.6. The van der Waals surface area contributed by atoms with E-state index in [1.807, 2.05) is 18.2 Å². The van der Waals surface area contributed by atoms with Crippen LogP contribution in [0.3, 0.4) is 0 Å². The number of methoxy groups -OCH3 is 2. The van der Waals surface area contributed by atoms with Crippen LogP contribution in [-0.4, -0.2) is 31.0 Å². The van der Waals surface area contributed by atoms with Crippen molar-refractivity contribution in [3.05, 3.63) is 27.7 Å². The minimum atomic E-state index is 0.743. The van der Waals surface area contributed by atoms with Crippen molar-refractivity contribution in [2.45, 2.75) is 6.42 Å². The van der Waals surface area contributed by atoms with Gasteiger partial charge in [0.25, 0.3) is 0 Å². The van der Waals surface area contributed by atoms with Gasteiger partial charge in [0, 0.05) is 6.54 Å². The van der Waals surface area contributed by atoms with E-state index >= 15 is 0 Å². The van der Waals surface area contributed by atoms with Gasteiger partial charge in [0.15, 0.2) is 15.4 Å². The molecule has 0 fully saturated rings. The van der Waals surface area contributed by atoms with Gasteiger partial charge >= 0.3 is 0 Å². The molecule has 7 heteroatoms. The smallest absolute Gasteiger partial charge is 0.206 e. The van der Waals surface area contributed by atoms with Crippen molar-refractivity contribution in [2.24, 2.45) is 0 Å². The van der Waals surface area contributed by atoms with Crippen molar-refractivity contribution in [1.29, 1.82) is 0 Å². The van der Waals surface area contributed by atoms with Gasteiger partial charge in [-0.2, -0.15) is 0 Å². The average Bonchev–Trinajstić information content (AvgIpc) is 2.84. The number of benzene rings is 1. The van der Waals surface area contributed by atoms with E-state index in [1.54, 1.807) is 14.2 Å². The molecule has 1 aromatic heterocycles. The topological polar surface area (TPSA) is 56.3 Å². The number of rotatable bonds is 6. The number of hydrogen-bond donors (Lipinski definition) is 1. The second-order valence-electron chi connectivity index (χ2n) is 3.73. The third kappa shape index (κ3) is 3.81. The molecular weight excluding hydrogens is 330 g/mol. The number of hydrogen-bond acceptors (Lipinski definition) is 6. The van der Waals surface area contributed by atoms with Gasteiger partial charge in [-0.25, -0.2) is 0 Å². The fourth-order valence-electron chi connectivity index (χ4n) is 1.63. The number of ether oxygens (including phenoxy) is 2. The molecule has 1 N–H and O–H groups in total. The Labute approximate surface area is 124 Å². The first-order valence-electron chi connectivity index (χ1n) is 5.66. The second kappa shape index (κ2) is 6.72. The largest absolute Gasteiger partial charge is 0.493 e. The quantitative estimate of drug-likeness (QED) is 0.873. The van der Waals surface area contributed by atoms with Crippen LogP contribution in [0.4, 0.5) is 5.13 Å². The van der Waals surface area contributed by atoms with Crippen LogP contribution in [0.5, 0.6) is 11.5 Å². The van der Waals surface area contributed by atoms with Crippen molar-refractivity contribution < 1.29 is 9.47 Å². The summed E-state index contributed by atoms with van der Waals surface area (Å²) < 4.78 is 11.3. The van der Waals surface area contributed by atoms with Crippen molar-refractivity contribution in [3.8, 4) is 11.5 Å². The van der Waals surface area contributed by atoms with Crippen LogP contribution < -0.4 is 14.8 Å². The fourth-order valence-corrected chi connectivity index (χ4v) is 2.66. The number of anilines is 1. The molecule has 0 saturated heterocycles. The molecule has 0 aliphatic rings. The first kappa shape index (κ1) is 14.1. The maximum Gasteiger partial charge on any atom is 0.206 e. The van der Waals surface area contributed by atoms with Crippen molar-refractivity contribution in [2.75, 3.05) is 26.1 Å². The molecule has 0 spiro atoms. The van der Waals surface area contributed by atoms with E-state index in [2.05, 4.69) is 31.4 Å². The van der Waals surface area contributed by atoms with Gasteiger partial charge < -0.3 is 14.8 Å². The number of nitrogens with one attached hydrogen (secondary N) is 1. The van der Waals surface area contributed by atoms with Crippen LogP contribution >= 0.6 is 27.3 Å². The molecule has 0 atom stereocenters. The molecule has 1 heterocycles. The summed E-state index contributed by atoms with van der Waals surface area (Å²) >= 11 is 4.75. The Morgan fingerprint density at radius 1 is 1.21 bits per heavy atom. The highest BCUT2D eigenvalue weighted by atomic mass is 79.9. The molecule has 0 aliphatic heterocycles. The zero-order chi connectivity index (χ0) is 13.7. The maximum absolute atomic E-state index is 5.27. The van der Waals surface area contributed by atoms with E-state index in [-0.39, 0.29) is 0 Å². The molecule has 0 bridgehead atoms. The Balaban J connectivity index is 1.92. The summed E-state index contributed by atoms with van der Waals surface area (Å²) in [7, 11) is 3.27. The molecule has 0 unspecified atom stereocenters. The molecule has 0 radical (unpaired) electrons. The van der Waals surface area contributed by atoms with Gasteiger partial charge in [-0.05, 0) is 40.0 Å². The number of aromatic nitrogens is 2. The number of nitrogens with zero attached hydrogens (tertiary/aromatic N) is 2. The second-order valence-corrected chi connectivity index (χ2v) is 5.98.